The normalized spacial score (nSPS) is 8.07. The van der Waals surface area contributed by atoms with E-state index in [-0.39, 0.29) is 0 Å². The van der Waals surface area contributed by atoms with Gasteiger partial charge in [-0.2, -0.15) is 35.9 Å². The quantitative estimate of drug-likeness (QED) is 0.643. The minimum atomic E-state index is 1.36. The van der Waals surface area contributed by atoms with E-state index in [1.165, 1.54) is 35.4 Å². The monoisotopic (exact) mass is 276 g/mol. The van der Waals surface area contributed by atoms with Crippen LogP contribution < -0.4 is 0 Å². The molecule has 0 atom stereocenters. The van der Waals surface area contributed by atoms with Crippen LogP contribution in [-0.4, -0.2) is 3.71 Å². The molecule has 0 unspecified atom stereocenters. The third-order valence-corrected chi connectivity index (χ3v) is 1.62. The van der Waals surface area contributed by atoms with Crippen molar-refractivity contribution in [1.82, 2.24) is 0 Å². The zero-order valence-electron chi connectivity index (χ0n) is 9.70. The van der Waals surface area contributed by atoms with E-state index in [2.05, 4.69) is 35.8 Å². The van der Waals surface area contributed by atoms with Crippen molar-refractivity contribution in [3.63, 3.8) is 0 Å². The standard InChI is InChI=1S/C7H9.C5H5.C2H4.Zr/c1-6-3-4-7(2)5-6;1-2-4-5-3-1;1-2;/h3-5H,1-2H3;1-5H;1H,2H3;/q2*-1;;+2. The van der Waals surface area contributed by atoms with Gasteiger partial charge in [-0.3, -0.25) is 0 Å². The molecule has 15 heavy (non-hydrogen) atoms. The molecule has 0 aliphatic carbocycles. The summed E-state index contributed by atoms with van der Waals surface area (Å²) in [6.07, 6.45) is 0. The van der Waals surface area contributed by atoms with Crippen molar-refractivity contribution in [3.05, 3.63) is 59.7 Å². The zero-order valence-corrected chi connectivity index (χ0v) is 12.2. The molecule has 0 radical (unpaired) electrons. The SMILES string of the molecule is C[CH]=[Zr+2].Cc1cc[c-](C)c1.c1cc[cH-]c1. The molecule has 0 saturated carbocycles. The van der Waals surface area contributed by atoms with Crippen molar-refractivity contribution >= 4 is 3.71 Å². The predicted molar refractivity (Wildman–Crippen MR) is 65.3 cm³/mol. The van der Waals surface area contributed by atoms with E-state index < -0.39 is 0 Å². The first-order chi connectivity index (χ1) is 7.20. The molecular weight excluding hydrogens is 259 g/mol. The summed E-state index contributed by atoms with van der Waals surface area (Å²) < 4.78 is 2.09. The molecule has 0 aliphatic rings. The van der Waals surface area contributed by atoms with Gasteiger partial charge in [-0.25, -0.2) is 23.8 Å². The van der Waals surface area contributed by atoms with Gasteiger partial charge in [0.25, 0.3) is 0 Å². The third kappa shape index (κ3) is 9.75. The van der Waals surface area contributed by atoms with E-state index in [0.29, 0.717) is 0 Å². The van der Waals surface area contributed by atoms with Crippen LogP contribution in [0.2, 0.25) is 0 Å². The van der Waals surface area contributed by atoms with Crippen LogP contribution >= 0.6 is 0 Å². The molecule has 0 N–H and O–H groups in total. The molecular formula is C14H18Zr. The number of hydrogen-bond acceptors (Lipinski definition) is 0. The first-order valence-corrected chi connectivity index (χ1v) is 6.44. The third-order valence-electron chi connectivity index (χ3n) is 1.62. The Morgan fingerprint density at radius 2 is 1.87 bits per heavy atom. The smallest absolute Gasteiger partial charge is 0.0860 e. The Kier molecular flexibility index (Phi) is 9.62. The average molecular weight is 278 g/mol. The Labute approximate surface area is 108 Å². The van der Waals surface area contributed by atoms with Gasteiger partial charge in [0.2, 0.25) is 0 Å². The number of hydrogen-bond donors (Lipinski definition) is 0. The molecule has 0 nitrogen and oxygen atoms in total. The van der Waals surface area contributed by atoms with E-state index in [1.54, 1.807) is 0 Å². The van der Waals surface area contributed by atoms with Crippen molar-refractivity contribution in [2.75, 3.05) is 0 Å². The van der Waals surface area contributed by atoms with Crippen molar-refractivity contribution in [2.45, 2.75) is 20.8 Å². The zero-order chi connectivity index (χ0) is 11.5. The first-order valence-electron chi connectivity index (χ1n) is 5.02. The Morgan fingerprint density at radius 1 is 1.33 bits per heavy atom. The van der Waals surface area contributed by atoms with Crippen molar-refractivity contribution in [1.29, 1.82) is 0 Å². The van der Waals surface area contributed by atoms with E-state index in [4.69, 9.17) is 0 Å². The fraction of sp³-hybridized carbons (Fsp3) is 0.214. The maximum Gasteiger partial charge on any atom is -0.0860 e. The Morgan fingerprint density at radius 3 is 2.00 bits per heavy atom. The van der Waals surface area contributed by atoms with Crippen LogP contribution in [-0.2, 0) is 24.2 Å². The van der Waals surface area contributed by atoms with Gasteiger partial charge in [-0.15, -0.1) is 0 Å². The van der Waals surface area contributed by atoms with Crippen LogP contribution in [0.15, 0.2) is 48.5 Å². The molecule has 0 aromatic heterocycles. The minimum Gasteiger partial charge on any atom is -0.214 e. The van der Waals surface area contributed by atoms with Crippen LogP contribution in [0, 0.1) is 13.8 Å². The summed E-state index contributed by atoms with van der Waals surface area (Å²) in [6, 6.07) is 16.4. The summed E-state index contributed by atoms with van der Waals surface area (Å²) >= 11 is 1.51. The molecule has 0 saturated heterocycles. The topological polar surface area (TPSA) is 0 Å². The van der Waals surface area contributed by atoms with Gasteiger partial charge in [-0.1, -0.05) is 13.8 Å². The van der Waals surface area contributed by atoms with Crippen molar-refractivity contribution < 1.29 is 24.2 Å². The molecule has 0 heterocycles. The molecule has 0 spiro atoms. The van der Waals surface area contributed by atoms with E-state index in [1.807, 2.05) is 37.3 Å². The van der Waals surface area contributed by atoms with E-state index in [0.717, 1.165) is 0 Å². The van der Waals surface area contributed by atoms with Crippen molar-refractivity contribution in [2.24, 2.45) is 0 Å². The first kappa shape index (κ1) is 14.5. The number of rotatable bonds is 0. The van der Waals surface area contributed by atoms with Gasteiger partial charge in [0, 0.05) is 0 Å². The molecule has 0 bridgehead atoms. The average Bonchev–Trinajstić information content (AvgIpc) is 2.81. The second-order valence-corrected chi connectivity index (χ2v) is 4.64. The molecule has 0 fully saturated rings. The molecule has 1 heteroatoms. The maximum atomic E-state index is 2.17. The van der Waals surface area contributed by atoms with Gasteiger partial charge < -0.3 is 0 Å². The largest absolute Gasteiger partial charge is 0.214 e. The molecule has 2 aromatic carbocycles. The molecule has 78 valence electrons. The van der Waals surface area contributed by atoms with Gasteiger partial charge in [0.1, 0.15) is 0 Å². The molecule has 0 aliphatic heterocycles. The second-order valence-electron chi connectivity index (χ2n) is 3.22. The molecule has 2 rings (SSSR count). The molecule has 2 aromatic rings. The summed E-state index contributed by atoms with van der Waals surface area (Å²) in [7, 11) is 0. The predicted octanol–water partition coefficient (Wildman–Crippen LogP) is 3.78. The van der Waals surface area contributed by atoms with Crippen LogP contribution in [0.5, 0.6) is 0 Å². The number of aryl methyl sites for hydroxylation is 2. The second kappa shape index (κ2) is 9.99. The Bertz CT molecular complexity index is 294. The maximum absolute atomic E-state index is 2.17. The van der Waals surface area contributed by atoms with Gasteiger partial charge >= 0.3 is 34.9 Å². The molecule has 0 amide bonds. The van der Waals surface area contributed by atoms with Crippen LogP contribution in [0.1, 0.15) is 18.1 Å². The summed E-state index contributed by atoms with van der Waals surface area (Å²) in [5.41, 5.74) is 2.72. The van der Waals surface area contributed by atoms with Crippen molar-refractivity contribution in [3.8, 4) is 0 Å². The minimum absolute atomic E-state index is 1.36. The van der Waals surface area contributed by atoms with Crippen LogP contribution in [0.3, 0.4) is 0 Å². The van der Waals surface area contributed by atoms with Crippen LogP contribution in [0.4, 0.5) is 0 Å². The van der Waals surface area contributed by atoms with E-state index >= 15 is 0 Å². The Hall–Kier alpha value is -0.547. The summed E-state index contributed by atoms with van der Waals surface area (Å²) in [5.74, 6) is 0. The summed E-state index contributed by atoms with van der Waals surface area (Å²) in [4.78, 5) is 0. The Balaban J connectivity index is 0.000000216. The summed E-state index contributed by atoms with van der Waals surface area (Å²) in [6.45, 7) is 6.25. The van der Waals surface area contributed by atoms with Gasteiger partial charge in [0.15, 0.2) is 0 Å². The fourth-order valence-corrected chi connectivity index (χ4v) is 1.04. The van der Waals surface area contributed by atoms with Crippen LogP contribution in [0.25, 0.3) is 0 Å². The van der Waals surface area contributed by atoms with E-state index in [9.17, 15) is 0 Å². The fourth-order valence-electron chi connectivity index (χ4n) is 1.04. The summed E-state index contributed by atoms with van der Waals surface area (Å²) in [5, 5.41) is 0. The van der Waals surface area contributed by atoms with Gasteiger partial charge in [-0.05, 0) is 0 Å². The van der Waals surface area contributed by atoms with Gasteiger partial charge in [0.05, 0.1) is 0 Å².